The first kappa shape index (κ1) is 22.5. The highest BCUT2D eigenvalue weighted by molar-refractivity contribution is 5.91. The van der Waals surface area contributed by atoms with Gasteiger partial charge in [-0.05, 0) is 105 Å². The lowest BCUT2D eigenvalue weighted by atomic mass is 9.64. The number of methoxy groups -OCH3 is 1. The molecule has 0 bridgehead atoms. The van der Waals surface area contributed by atoms with Crippen LogP contribution in [-0.4, -0.2) is 13.1 Å². The summed E-state index contributed by atoms with van der Waals surface area (Å²) in [7, 11) is 1.53. The van der Waals surface area contributed by atoms with Gasteiger partial charge in [-0.15, -0.1) is 0 Å². The van der Waals surface area contributed by atoms with Crippen LogP contribution in [0.2, 0.25) is 0 Å². The monoisotopic (exact) mass is 440 g/mol. The highest BCUT2D eigenvalue weighted by Gasteiger charge is 2.36. The van der Waals surface area contributed by atoms with Gasteiger partial charge in [0.1, 0.15) is 11.5 Å². The topological polar surface area (TPSA) is 35.5 Å². The second-order valence-electron chi connectivity index (χ2n) is 9.02. The number of halogens is 2. The maximum absolute atomic E-state index is 15.0. The summed E-state index contributed by atoms with van der Waals surface area (Å²) in [5, 5.41) is 0. The van der Waals surface area contributed by atoms with Crippen LogP contribution in [0, 0.1) is 29.4 Å². The Morgan fingerprint density at radius 2 is 1.59 bits per heavy atom. The molecule has 2 aliphatic carbocycles. The number of hydrogen-bond donors (Lipinski definition) is 0. The Morgan fingerprint density at radius 1 is 0.906 bits per heavy atom. The molecule has 2 fully saturated rings. The maximum Gasteiger partial charge on any atom is 0.346 e. The Hall–Kier alpha value is -2.69. The molecule has 2 aliphatic rings. The number of rotatable bonds is 5. The molecule has 4 atom stereocenters. The van der Waals surface area contributed by atoms with E-state index >= 15 is 4.39 Å². The van der Waals surface area contributed by atoms with E-state index in [1.807, 2.05) is 0 Å². The molecule has 3 nitrogen and oxygen atoms in total. The molecule has 0 heterocycles. The third-order valence-corrected chi connectivity index (χ3v) is 7.16. The van der Waals surface area contributed by atoms with E-state index in [2.05, 4.69) is 19.1 Å². The van der Waals surface area contributed by atoms with Gasteiger partial charge in [0.05, 0.1) is 12.7 Å². The highest BCUT2D eigenvalue weighted by atomic mass is 19.2. The molecule has 0 spiro atoms. The van der Waals surface area contributed by atoms with Crippen LogP contribution in [0.25, 0.3) is 0 Å². The van der Waals surface area contributed by atoms with Crippen LogP contribution in [0.4, 0.5) is 8.78 Å². The van der Waals surface area contributed by atoms with E-state index in [1.165, 1.54) is 26.0 Å². The summed E-state index contributed by atoms with van der Waals surface area (Å²) in [6, 6.07) is 9.27. The van der Waals surface area contributed by atoms with Gasteiger partial charge >= 0.3 is 5.97 Å². The fraction of sp³-hybridized carbons (Fsp3) is 0.444. The minimum atomic E-state index is -1.13. The van der Waals surface area contributed by atoms with Crippen molar-refractivity contribution in [1.29, 1.82) is 0 Å². The van der Waals surface area contributed by atoms with Crippen LogP contribution in [0.1, 0.15) is 67.3 Å². The fourth-order valence-corrected chi connectivity index (χ4v) is 5.50. The number of hydrogen-bond acceptors (Lipinski definition) is 3. The lowest BCUT2D eigenvalue weighted by Crippen LogP contribution is -2.30. The van der Waals surface area contributed by atoms with Gasteiger partial charge in [-0.1, -0.05) is 18.2 Å². The molecular weight excluding hydrogens is 410 g/mol. The average molecular weight is 441 g/mol. The Bertz CT molecular complexity index is 983. The van der Waals surface area contributed by atoms with Crippen molar-refractivity contribution >= 4 is 5.97 Å². The third-order valence-electron chi connectivity index (χ3n) is 7.16. The van der Waals surface area contributed by atoms with Gasteiger partial charge in [-0.2, -0.15) is 0 Å². The summed E-state index contributed by atoms with van der Waals surface area (Å²) in [5.74, 6) is -0.212. The van der Waals surface area contributed by atoms with Crippen LogP contribution >= 0.6 is 0 Å². The zero-order chi connectivity index (χ0) is 22.7. The van der Waals surface area contributed by atoms with Crippen molar-refractivity contribution in [2.45, 2.75) is 51.4 Å². The van der Waals surface area contributed by atoms with E-state index in [1.54, 1.807) is 30.3 Å². The third kappa shape index (κ3) is 4.72. The van der Waals surface area contributed by atoms with Crippen LogP contribution in [0.3, 0.4) is 0 Å². The van der Waals surface area contributed by atoms with E-state index in [0.29, 0.717) is 29.1 Å². The molecule has 0 saturated heterocycles. The predicted octanol–water partition coefficient (Wildman–Crippen LogP) is 7.07. The number of fused-ring (bicyclic) bond motifs is 1. The summed E-state index contributed by atoms with van der Waals surface area (Å²) >= 11 is 0. The second-order valence-corrected chi connectivity index (χ2v) is 9.02. The summed E-state index contributed by atoms with van der Waals surface area (Å²) in [5.41, 5.74) is 0.000130. The molecule has 5 heteroatoms. The van der Waals surface area contributed by atoms with Crippen molar-refractivity contribution in [3.63, 3.8) is 0 Å². The fourth-order valence-electron chi connectivity index (χ4n) is 5.50. The molecule has 0 N–H and O–H groups in total. The minimum absolute atomic E-state index is 0.00400. The van der Waals surface area contributed by atoms with Gasteiger partial charge in [0.2, 0.25) is 0 Å². The van der Waals surface area contributed by atoms with Crippen LogP contribution in [0.5, 0.6) is 11.5 Å². The molecule has 2 aromatic rings. The molecule has 32 heavy (non-hydrogen) atoms. The predicted molar refractivity (Wildman–Crippen MR) is 120 cm³/mol. The summed E-state index contributed by atoms with van der Waals surface area (Å²) in [6.45, 7) is 2.07. The SMILES string of the molecule is C/C=C/C1CCC2CC(c3ccc(C(=O)Oc4ccc(OC)cc4)c(F)c3F)CCC2C1. The van der Waals surface area contributed by atoms with Gasteiger partial charge in [0.15, 0.2) is 11.6 Å². The number of benzene rings is 2. The van der Waals surface area contributed by atoms with Crippen molar-refractivity contribution in [3.8, 4) is 11.5 Å². The number of esters is 1. The Morgan fingerprint density at radius 3 is 2.31 bits per heavy atom. The quantitative estimate of drug-likeness (QED) is 0.283. The van der Waals surface area contributed by atoms with Crippen molar-refractivity contribution in [3.05, 3.63) is 71.3 Å². The first-order valence-electron chi connectivity index (χ1n) is 11.5. The van der Waals surface area contributed by atoms with Crippen molar-refractivity contribution in [1.82, 2.24) is 0 Å². The van der Waals surface area contributed by atoms with Crippen molar-refractivity contribution < 1.29 is 23.0 Å². The van der Waals surface area contributed by atoms with Gasteiger partial charge in [-0.3, -0.25) is 0 Å². The van der Waals surface area contributed by atoms with E-state index in [-0.39, 0.29) is 17.2 Å². The lowest BCUT2D eigenvalue weighted by molar-refractivity contribution is 0.0728. The minimum Gasteiger partial charge on any atom is -0.497 e. The average Bonchev–Trinajstić information content (AvgIpc) is 2.81. The van der Waals surface area contributed by atoms with Gasteiger partial charge in [0.25, 0.3) is 0 Å². The summed E-state index contributed by atoms with van der Waals surface area (Å²) in [4.78, 5) is 12.4. The molecule has 4 rings (SSSR count). The first-order valence-corrected chi connectivity index (χ1v) is 11.5. The zero-order valence-electron chi connectivity index (χ0n) is 18.7. The molecule has 0 aromatic heterocycles. The molecule has 0 amide bonds. The standard InChI is InChI=1S/C27H30F2O3/c1-3-4-17-5-6-19-16-20(8-7-18(19)15-17)23-13-14-24(26(29)25(23)28)27(30)32-22-11-9-21(31-2)10-12-22/h3-4,9-14,17-20H,5-8,15-16H2,1-2H3/b4-3+. The Labute approximate surface area is 188 Å². The number of carbonyl (C=O) groups is 1. The molecule has 170 valence electrons. The lowest BCUT2D eigenvalue weighted by Gasteiger charge is -2.42. The molecule has 0 radical (unpaired) electrons. The van der Waals surface area contributed by atoms with Crippen molar-refractivity contribution in [2.24, 2.45) is 17.8 Å². The number of carbonyl (C=O) groups excluding carboxylic acids is 1. The van der Waals surface area contributed by atoms with E-state index in [4.69, 9.17) is 9.47 Å². The van der Waals surface area contributed by atoms with Crippen molar-refractivity contribution in [2.75, 3.05) is 7.11 Å². The first-order chi connectivity index (χ1) is 15.5. The van der Waals surface area contributed by atoms with Gasteiger partial charge in [-0.25, -0.2) is 13.6 Å². The van der Waals surface area contributed by atoms with Crippen LogP contribution in [0.15, 0.2) is 48.6 Å². The normalized spacial score (nSPS) is 25.4. The zero-order valence-corrected chi connectivity index (χ0v) is 18.7. The molecular formula is C27H30F2O3. The van der Waals surface area contributed by atoms with E-state index in [0.717, 1.165) is 25.7 Å². The Balaban J connectivity index is 1.45. The number of allylic oxidation sites excluding steroid dienone is 2. The largest absolute Gasteiger partial charge is 0.497 e. The van der Waals surface area contributed by atoms with Gasteiger partial charge in [0, 0.05) is 0 Å². The summed E-state index contributed by atoms with van der Waals surface area (Å²) < 4.78 is 40.2. The number of ether oxygens (including phenoxy) is 2. The molecule has 2 aromatic carbocycles. The maximum atomic E-state index is 15.0. The smallest absolute Gasteiger partial charge is 0.346 e. The van der Waals surface area contributed by atoms with E-state index in [9.17, 15) is 9.18 Å². The summed E-state index contributed by atoms with van der Waals surface area (Å²) in [6.07, 6.45) is 10.8. The highest BCUT2D eigenvalue weighted by Crippen LogP contribution is 2.48. The van der Waals surface area contributed by atoms with E-state index < -0.39 is 17.6 Å². The van der Waals surface area contributed by atoms with Crippen LogP contribution < -0.4 is 9.47 Å². The molecule has 2 saturated carbocycles. The molecule has 0 aliphatic heterocycles. The second kappa shape index (κ2) is 9.85. The van der Waals surface area contributed by atoms with Crippen LogP contribution in [-0.2, 0) is 0 Å². The Kier molecular flexibility index (Phi) is 6.92. The van der Waals surface area contributed by atoms with Gasteiger partial charge < -0.3 is 9.47 Å². The molecule has 4 unspecified atom stereocenters.